The number of halogens is 1. The number of fused-ring (bicyclic) bond motifs is 1. The van der Waals surface area contributed by atoms with Gasteiger partial charge in [-0.05, 0) is 51.7 Å². The molecular formula is C21H19FO5S. The number of ether oxygens (including phenoxy) is 1. The van der Waals surface area contributed by atoms with E-state index in [0.29, 0.717) is 27.5 Å². The highest BCUT2D eigenvalue weighted by atomic mass is 32.2. The molecule has 7 heteroatoms. The van der Waals surface area contributed by atoms with Crippen LogP contribution >= 0.6 is 0 Å². The van der Waals surface area contributed by atoms with E-state index in [2.05, 4.69) is 0 Å². The summed E-state index contributed by atoms with van der Waals surface area (Å²) in [5, 5.41) is 12.1. The molecule has 0 aromatic heterocycles. The number of carbonyl (C=O) groups is 1. The van der Waals surface area contributed by atoms with Crippen molar-refractivity contribution in [2.24, 2.45) is 0 Å². The summed E-state index contributed by atoms with van der Waals surface area (Å²) in [6, 6.07) is 13.4. The van der Waals surface area contributed by atoms with Crippen LogP contribution in [0.5, 0.6) is 0 Å². The lowest BCUT2D eigenvalue weighted by Gasteiger charge is -2.17. The summed E-state index contributed by atoms with van der Waals surface area (Å²) in [7, 11) is -2.07. The predicted octanol–water partition coefficient (Wildman–Crippen LogP) is 3.18. The summed E-state index contributed by atoms with van der Waals surface area (Å²) in [5.41, 5.74) is 1.49. The first-order chi connectivity index (χ1) is 13.2. The molecule has 3 rings (SSSR count). The van der Waals surface area contributed by atoms with Crippen LogP contribution in [0.3, 0.4) is 0 Å². The Hall–Kier alpha value is -2.77. The Labute approximate surface area is 162 Å². The SMILES string of the molecule is COC(=O)Cc1cc(C(O)c2ccc(S(C)(=O)=O)cc2)c2cc(F)ccc2c1. The van der Waals surface area contributed by atoms with E-state index in [0.717, 1.165) is 6.26 Å². The molecule has 0 aliphatic heterocycles. The van der Waals surface area contributed by atoms with Crippen LogP contribution in [-0.4, -0.2) is 32.9 Å². The van der Waals surface area contributed by atoms with Crippen molar-refractivity contribution < 1.29 is 27.4 Å². The third kappa shape index (κ3) is 4.21. The second-order valence-electron chi connectivity index (χ2n) is 6.55. The van der Waals surface area contributed by atoms with Crippen LogP contribution in [0.2, 0.25) is 0 Å². The highest BCUT2D eigenvalue weighted by Crippen LogP contribution is 2.31. The molecule has 0 amide bonds. The van der Waals surface area contributed by atoms with Gasteiger partial charge >= 0.3 is 5.97 Å². The lowest BCUT2D eigenvalue weighted by molar-refractivity contribution is -0.139. The zero-order valence-corrected chi connectivity index (χ0v) is 16.2. The molecular weight excluding hydrogens is 383 g/mol. The van der Waals surface area contributed by atoms with E-state index in [1.165, 1.54) is 43.5 Å². The third-order valence-electron chi connectivity index (χ3n) is 4.50. The second-order valence-corrected chi connectivity index (χ2v) is 8.56. The van der Waals surface area contributed by atoms with Crippen molar-refractivity contribution in [1.29, 1.82) is 0 Å². The molecule has 3 aromatic carbocycles. The van der Waals surface area contributed by atoms with Gasteiger partial charge in [0.1, 0.15) is 11.9 Å². The van der Waals surface area contributed by atoms with Crippen LogP contribution in [0.1, 0.15) is 22.8 Å². The van der Waals surface area contributed by atoms with Crippen LogP contribution in [0.4, 0.5) is 4.39 Å². The normalized spacial score (nSPS) is 12.7. The van der Waals surface area contributed by atoms with E-state index in [1.54, 1.807) is 18.2 Å². The van der Waals surface area contributed by atoms with Gasteiger partial charge in [0.25, 0.3) is 0 Å². The zero-order chi connectivity index (χ0) is 20.5. The Morgan fingerprint density at radius 1 is 1.11 bits per heavy atom. The lowest BCUT2D eigenvalue weighted by Crippen LogP contribution is -2.07. The number of aliphatic hydroxyl groups excluding tert-OH is 1. The van der Waals surface area contributed by atoms with Crippen molar-refractivity contribution in [3.63, 3.8) is 0 Å². The Morgan fingerprint density at radius 2 is 1.79 bits per heavy atom. The highest BCUT2D eigenvalue weighted by molar-refractivity contribution is 7.90. The molecule has 0 aliphatic carbocycles. The fourth-order valence-electron chi connectivity index (χ4n) is 3.07. The number of methoxy groups -OCH3 is 1. The number of esters is 1. The van der Waals surface area contributed by atoms with Crippen LogP contribution in [-0.2, 0) is 25.8 Å². The minimum Gasteiger partial charge on any atom is -0.469 e. The molecule has 28 heavy (non-hydrogen) atoms. The molecule has 0 spiro atoms. The number of hydrogen-bond donors (Lipinski definition) is 1. The minimum atomic E-state index is -3.36. The average Bonchev–Trinajstić information content (AvgIpc) is 2.66. The first-order valence-electron chi connectivity index (χ1n) is 8.46. The molecule has 0 aliphatic rings. The maximum Gasteiger partial charge on any atom is 0.309 e. The molecule has 3 aromatic rings. The fraction of sp³-hybridized carbons (Fsp3) is 0.190. The van der Waals surface area contributed by atoms with E-state index in [4.69, 9.17) is 4.74 Å². The van der Waals surface area contributed by atoms with Gasteiger partial charge in [0.2, 0.25) is 0 Å². The summed E-state index contributed by atoms with van der Waals surface area (Å²) < 4.78 is 41.8. The van der Waals surface area contributed by atoms with Crippen LogP contribution in [0, 0.1) is 5.82 Å². The topological polar surface area (TPSA) is 80.7 Å². The van der Waals surface area contributed by atoms with Crippen molar-refractivity contribution in [2.75, 3.05) is 13.4 Å². The number of sulfone groups is 1. The summed E-state index contributed by atoms with van der Waals surface area (Å²) in [6.07, 6.45) is -0.0165. The standard InChI is InChI=1S/C21H19FO5S/c1-27-20(23)11-13-9-15-3-6-16(22)12-18(15)19(10-13)21(24)14-4-7-17(8-5-14)28(2,25)26/h3-10,12,21,24H,11H2,1-2H3. The highest BCUT2D eigenvalue weighted by Gasteiger charge is 2.18. The first kappa shape index (κ1) is 20.0. The van der Waals surface area contributed by atoms with Crippen molar-refractivity contribution in [2.45, 2.75) is 17.4 Å². The monoisotopic (exact) mass is 402 g/mol. The minimum absolute atomic E-state index is 0.0105. The number of hydrogen-bond acceptors (Lipinski definition) is 5. The van der Waals surface area contributed by atoms with Crippen molar-refractivity contribution in [3.05, 3.63) is 77.1 Å². The molecule has 1 atom stereocenters. The second kappa shape index (κ2) is 7.69. The van der Waals surface area contributed by atoms with Crippen LogP contribution in [0.15, 0.2) is 59.5 Å². The van der Waals surface area contributed by atoms with E-state index in [9.17, 15) is 22.7 Å². The van der Waals surface area contributed by atoms with Crippen molar-refractivity contribution >= 4 is 26.6 Å². The van der Waals surface area contributed by atoms with E-state index in [-0.39, 0.29) is 11.3 Å². The molecule has 0 fully saturated rings. The number of rotatable bonds is 5. The maximum absolute atomic E-state index is 13.8. The van der Waals surface area contributed by atoms with Crippen molar-refractivity contribution in [3.8, 4) is 0 Å². The number of aliphatic hydroxyl groups is 1. The smallest absolute Gasteiger partial charge is 0.309 e. The van der Waals surface area contributed by atoms with Gasteiger partial charge in [-0.25, -0.2) is 12.8 Å². The van der Waals surface area contributed by atoms with Gasteiger partial charge < -0.3 is 9.84 Å². The van der Waals surface area contributed by atoms with E-state index in [1.807, 2.05) is 0 Å². The molecule has 0 radical (unpaired) electrons. The number of carbonyl (C=O) groups excluding carboxylic acids is 1. The van der Waals surface area contributed by atoms with E-state index >= 15 is 0 Å². The maximum atomic E-state index is 13.8. The molecule has 0 saturated carbocycles. The third-order valence-corrected chi connectivity index (χ3v) is 5.63. The molecule has 1 N–H and O–H groups in total. The summed E-state index contributed by atoms with van der Waals surface area (Å²) in [6.45, 7) is 0. The quantitative estimate of drug-likeness (QED) is 0.663. The summed E-state index contributed by atoms with van der Waals surface area (Å²) >= 11 is 0. The lowest BCUT2D eigenvalue weighted by atomic mass is 9.93. The van der Waals surface area contributed by atoms with Gasteiger partial charge in [-0.15, -0.1) is 0 Å². The largest absolute Gasteiger partial charge is 0.469 e. The van der Waals surface area contributed by atoms with Crippen LogP contribution in [0.25, 0.3) is 10.8 Å². The van der Waals surface area contributed by atoms with Crippen molar-refractivity contribution in [1.82, 2.24) is 0 Å². The van der Waals surface area contributed by atoms with Gasteiger partial charge in [0.15, 0.2) is 9.84 Å². The fourth-order valence-corrected chi connectivity index (χ4v) is 3.70. The van der Waals surface area contributed by atoms with Gasteiger partial charge in [0, 0.05) is 6.26 Å². The zero-order valence-electron chi connectivity index (χ0n) is 15.3. The molecule has 1 unspecified atom stereocenters. The average molecular weight is 402 g/mol. The Bertz CT molecular complexity index is 1140. The predicted molar refractivity (Wildman–Crippen MR) is 103 cm³/mol. The Morgan fingerprint density at radius 3 is 2.39 bits per heavy atom. The summed E-state index contributed by atoms with van der Waals surface area (Å²) in [5.74, 6) is -0.881. The van der Waals surface area contributed by atoms with Gasteiger partial charge in [-0.1, -0.05) is 30.3 Å². The molecule has 0 bridgehead atoms. The molecule has 146 valence electrons. The first-order valence-corrected chi connectivity index (χ1v) is 10.3. The summed E-state index contributed by atoms with van der Waals surface area (Å²) in [4.78, 5) is 11.8. The van der Waals surface area contributed by atoms with Gasteiger partial charge in [0.05, 0.1) is 18.4 Å². The molecule has 0 heterocycles. The van der Waals surface area contributed by atoms with Crippen LogP contribution < -0.4 is 0 Å². The molecule has 5 nitrogen and oxygen atoms in total. The Kier molecular flexibility index (Phi) is 5.49. The van der Waals surface area contributed by atoms with E-state index < -0.39 is 27.7 Å². The van der Waals surface area contributed by atoms with Gasteiger partial charge in [-0.2, -0.15) is 0 Å². The Balaban J connectivity index is 2.11. The number of benzene rings is 3. The molecule has 0 saturated heterocycles. The van der Waals surface area contributed by atoms with Gasteiger partial charge in [-0.3, -0.25) is 4.79 Å².